The maximum absolute atomic E-state index is 5.78. The van der Waals surface area contributed by atoms with E-state index in [1.807, 2.05) is 18.2 Å². The van der Waals surface area contributed by atoms with Crippen molar-refractivity contribution in [3.63, 3.8) is 0 Å². The Morgan fingerprint density at radius 3 is 2.57 bits per heavy atom. The van der Waals surface area contributed by atoms with Crippen LogP contribution in [0.2, 0.25) is 0 Å². The Balaban J connectivity index is 1.28. The van der Waals surface area contributed by atoms with Gasteiger partial charge in [0.05, 0.1) is 0 Å². The minimum Gasteiger partial charge on any atom is -0.303 e. The van der Waals surface area contributed by atoms with Crippen molar-refractivity contribution in [3.05, 3.63) is 109 Å². The molecule has 4 nitrogen and oxygen atoms in total. The van der Waals surface area contributed by atoms with Gasteiger partial charge in [0.15, 0.2) is 6.23 Å². The lowest BCUT2D eigenvalue weighted by molar-refractivity contribution is 0.0227. The van der Waals surface area contributed by atoms with E-state index in [4.69, 9.17) is 9.83 Å². The third-order valence-electron chi connectivity index (χ3n) is 7.11. The highest BCUT2D eigenvalue weighted by molar-refractivity contribution is 5.82. The summed E-state index contributed by atoms with van der Waals surface area (Å²) in [5.41, 5.74) is 5.81. The molecule has 0 amide bonds. The van der Waals surface area contributed by atoms with E-state index in [2.05, 4.69) is 96.7 Å². The van der Waals surface area contributed by atoms with E-state index in [-0.39, 0.29) is 12.1 Å². The van der Waals surface area contributed by atoms with Gasteiger partial charge in [-0.1, -0.05) is 97.7 Å². The van der Waals surface area contributed by atoms with Crippen LogP contribution in [0.4, 0.5) is 0 Å². The van der Waals surface area contributed by atoms with E-state index in [1.54, 1.807) is 0 Å². The molecule has 2 heterocycles. The number of nitrogens with zero attached hydrogens (tertiary/aromatic N) is 2. The van der Waals surface area contributed by atoms with Crippen LogP contribution in [-0.4, -0.2) is 36.6 Å². The lowest BCUT2D eigenvalue weighted by atomic mass is 9.86. The van der Waals surface area contributed by atoms with Crippen molar-refractivity contribution in [3.8, 4) is 0 Å². The second kappa shape index (κ2) is 13.2. The van der Waals surface area contributed by atoms with Gasteiger partial charge in [-0.15, -0.1) is 0 Å². The van der Waals surface area contributed by atoms with E-state index in [9.17, 15) is 0 Å². The number of likely N-dealkylation sites (tertiary alicyclic amines) is 1. The Kier molecular flexibility index (Phi) is 9.50. The van der Waals surface area contributed by atoms with Crippen LogP contribution >= 0.6 is 0 Å². The fourth-order valence-electron chi connectivity index (χ4n) is 5.19. The Morgan fingerprint density at radius 1 is 1.14 bits per heavy atom. The van der Waals surface area contributed by atoms with Gasteiger partial charge in [0.1, 0.15) is 5.84 Å². The van der Waals surface area contributed by atoms with Crippen molar-refractivity contribution >= 4 is 5.84 Å². The van der Waals surface area contributed by atoms with Gasteiger partial charge < -0.3 is 4.90 Å². The summed E-state index contributed by atoms with van der Waals surface area (Å²) in [5, 5.41) is 0. The highest BCUT2D eigenvalue weighted by Crippen LogP contribution is 2.31. The van der Waals surface area contributed by atoms with Crippen molar-refractivity contribution in [2.75, 3.05) is 19.6 Å². The van der Waals surface area contributed by atoms with Gasteiger partial charge in [0, 0.05) is 18.3 Å². The maximum atomic E-state index is 5.78. The lowest BCUT2D eigenvalue weighted by Crippen LogP contribution is -2.36. The van der Waals surface area contributed by atoms with Crippen LogP contribution in [0.5, 0.6) is 0 Å². The molecule has 3 aliphatic rings. The summed E-state index contributed by atoms with van der Waals surface area (Å²) in [4.78, 5) is 13.2. The molecule has 35 heavy (non-hydrogen) atoms. The van der Waals surface area contributed by atoms with Gasteiger partial charge in [0.25, 0.3) is 0 Å². The SMILES string of the molecule is C=C/C=C(\C=C/C)C(CCN1CCC(CC2=NC(C3C=CC=CC=C3)ON2)CC1)c1ccccc1. The zero-order valence-corrected chi connectivity index (χ0v) is 20.9. The van der Waals surface area contributed by atoms with Crippen molar-refractivity contribution in [2.24, 2.45) is 16.8 Å². The second-order valence-electron chi connectivity index (χ2n) is 9.56. The minimum absolute atomic E-state index is 0.164. The maximum Gasteiger partial charge on any atom is 0.186 e. The van der Waals surface area contributed by atoms with Gasteiger partial charge in [-0.25, -0.2) is 9.83 Å². The number of benzene rings is 1. The predicted octanol–water partition coefficient (Wildman–Crippen LogP) is 6.51. The molecule has 1 aromatic rings. The van der Waals surface area contributed by atoms with Crippen LogP contribution in [0.3, 0.4) is 0 Å². The fraction of sp³-hybridized carbons (Fsp3) is 0.387. The molecule has 1 saturated heterocycles. The highest BCUT2D eigenvalue weighted by Gasteiger charge is 2.27. The van der Waals surface area contributed by atoms with Crippen LogP contribution in [0.25, 0.3) is 0 Å². The van der Waals surface area contributed by atoms with Crippen LogP contribution in [0, 0.1) is 11.8 Å². The first kappa shape index (κ1) is 25.2. The van der Waals surface area contributed by atoms with Crippen molar-refractivity contribution in [1.82, 2.24) is 10.4 Å². The number of piperidine rings is 1. The summed E-state index contributed by atoms with van der Waals surface area (Å²) in [6.07, 6.45) is 25.3. The molecule has 0 bridgehead atoms. The molecular weight excluding hydrogens is 430 g/mol. The third kappa shape index (κ3) is 7.27. The normalized spacial score (nSPS) is 22.8. The van der Waals surface area contributed by atoms with Gasteiger partial charge in [-0.2, -0.15) is 0 Å². The topological polar surface area (TPSA) is 36.9 Å². The largest absolute Gasteiger partial charge is 0.303 e. The highest BCUT2D eigenvalue weighted by atomic mass is 16.7. The van der Waals surface area contributed by atoms with Crippen LogP contribution in [0.15, 0.2) is 108 Å². The summed E-state index contributed by atoms with van der Waals surface area (Å²) in [6, 6.07) is 10.9. The zero-order valence-electron chi connectivity index (χ0n) is 20.9. The first-order valence-electron chi connectivity index (χ1n) is 13.0. The molecule has 4 heteroatoms. The lowest BCUT2D eigenvalue weighted by Gasteiger charge is -2.33. The monoisotopic (exact) mass is 469 g/mol. The van der Waals surface area contributed by atoms with E-state index >= 15 is 0 Å². The Hall–Kier alpha value is -2.95. The first-order chi connectivity index (χ1) is 17.3. The molecular formula is C31H39N3O. The predicted molar refractivity (Wildman–Crippen MR) is 147 cm³/mol. The smallest absolute Gasteiger partial charge is 0.186 e. The molecule has 0 spiro atoms. The number of allylic oxidation sites excluding steroid dienone is 9. The number of rotatable bonds is 10. The molecule has 0 saturated carbocycles. The van der Waals surface area contributed by atoms with Crippen LogP contribution in [0.1, 0.15) is 44.1 Å². The van der Waals surface area contributed by atoms with Crippen LogP contribution in [-0.2, 0) is 4.84 Å². The molecule has 2 atom stereocenters. The summed E-state index contributed by atoms with van der Waals surface area (Å²) >= 11 is 0. The number of aliphatic imine (C=N–C) groups is 1. The van der Waals surface area contributed by atoms with Gasteiger partial charge in [-0.05, 0) is 62.9 Å². The van der Waals surface area contributed by atoms with E-state index in [0.717, 1.165) is 38.3 Å². The minimum atomic E-state index is -0.164. The number of hydroxylamine groups is 1. The quantitative estimate of drug-likeness (QED) is 0.397. The van der Waals surface area contributed by atoms with Crippen molar-refractivity contribution in [2.45, 2.75) is 44.8 Å². The number of nitrogens with one attached hydrogen (secondary N) is 1. The molecule has 1 aromatic carbocycles. The molecule has 4 rings (SSSR count). The second-order valence-corrected chi connectivity index (χ2v) is 9.56. The summed E-state index contributed by atoms with van der Waals surface area (Å²) in [5.74, 6) is 2.22. The average Bonchev–Trinajstić information content (AvgIpc) is 3.17. The molecule has 2 aliphatic heterocycles. The number of hydrogen-bond acceptors (Lipinski definition) is 4. The van der Waals surface area contributed by atoms with E-state index in [0.29, 0.717) is 11.8 Å². The Morgan fingerprint density at radius 2 is 1.89 bits per heavy atom. The van der Waals surface area contributed by atoms with Crippen molar-refractivity contribution in [1.29, 1.82) is 0 Å². The summed E-state index contributed by atoms with van der Waals surface area (Å²) in [6.45, 7) is 9.43. The molecule has 1 N–H and O–H groups in total. The van der Waals surface area contributed by atoms with Gasteiger partial charge in [-0.3, -0.25) is 5.48 Å². The fourth-order valence-corrected chi connectivity index (χ4v) is 5.19. The molecule has 1 aliphatic carbocycles. The summed E-state index contributed by atoms with van der Waals surface area (Å²) in [7, 11) is 0. The standard InChI is InChI=1S/C31H39N3O/c1-3-12-26(13-4-2)29(27-14-10-7-11-15-27)20-23-34-21-18-25(19-22-34)24-30-32-31(35-33-30)28-16-8-5-6-9-17-28/h3-17,25,28-29,31H,1,18-24H2,2H3,(H,32,33)/b13-4-,26-12+. The average molecular weight is 470 g/mol. The molecule has 2 unspecified atom stereocenters. The van der Waals surface area contributed by atoms with Gasteiger partial charge >= 0.3 is 0 Å². The number of amidine groups is 1. The van der Waals surface area contributed by atoms with E-state index < -0.39 is 0 Å². The third-order valence-corrected chi connectivity index (χ3v) is 7.11. The van der Waals surface area contributed by atoms with E-state index in [1.165, 1.54) is 24.0 Å². The first-order valence-corrected chi connectivity index (χ1v) is 13.0. The molecule has 184 valence electrons. The van der Waals surface area contributed by atoms with Crippen molar-refractivity contribution < 1.29 is 4.84 Å². The Labute approximate surface area is 211 Å². The summed E-state index contributed by atoms with van der Waals surface area (Å²) < 4.78 is 0. The molecule has 0 aromatic heterocycles. The number of hydrogen-bond donors (Lipinski definition) is 1. The molecule has 1 fully saturated rings. The Bertz CT molecular complexity index is 977. The zero-order chi connectivity index (χ0) is 24.3. The molecule has 0 radical (unpaired) electrons. The van der Waals surface area contributed by atoms with Gasteiger partial charge in [0.2, 0.25) is 0 Å². The van der Waals surface area contributed by atoms with Crippen LogP contribution < -0.4 is 5.48 Å².